The van der Waals surface area contributed by atoms with Crippen LogP contribution in [-0.4, -0.2) is 39.7 Å². The molecule has 10 heavy (non-hydrogen) atoms. The van der Waals surface area contributed by atoms with E-state index in [4.69, 9.17) is 0 Å². The number of hydrogen-bond donors (Lipinski definition) is 1. The maximum Gasteiger partial charge on any atom is 0.208 e. The van der Waals surface area contributed by atoms with Crippen LogP contribution >= 0.6 is 0 Å². The smallest absolute Gasteiger partial charge is 0.208 e. The van der Waals surface area contributed by atoms with Crippen LogP contribution in [0.4, 0.5) is 0 Å². The fourth-order valence-electron chi connectivity index (χ4n) is 0.422. The second kappa shape index (κ2) is 3.90. The van der Waals surface area contributed by atoms with Gasteiger partial charge in [-0.25, -0.2) is 13.1 Å². The first-order valence-electron chi connectivity index (χ1n) is 2.88. The zero-order chi connectivity index (χ0) is 8.20. The van der Waals surface area contributed by atoms with Crippen LogP contribution in [0.1, 0.15) is 0 Å². The molecule has 0 bridgehead atoms. The zero-order valence-electron chi connectivity index (χ0n) is 6.29. The standard InChI is InChI=1S/C5H13N2O2S/c1-7(2)5-4-6-10(3,8)9/h6H,1,4-5H2,2-3H3/q-1. The van der Waals surface area contributed by atoms with E-state index < -0.39 is 10.0 Å². The molecule has 0 atom stereocenters. The molecule has 0 unspecified atom stereocenters. The number of sulfonamides is 1. The van der Waals surface area contributed by atoms with Gasteiger partial charge in [0.1, 0.15) is 0 Å². The monoisotopic (exact) mass is 165 g/mol. The zero-order valence-corrected chi connectivity index (χ0v) is 7.11. The van der Waals surface area contributed by atoms with Crippen molar-refractivity contribution in [3.05, 3.63) is 7.05 Å². The Hall–Kier alpha value is -0.130. The molecule has 1 N–H and O–H groups in total. The predicted molar refractivity (Wildman–Crippen MR) is 40.8 cm³/mol. The SMILES string of the molecule is [CH2-]N(C)CCNS(C)(=O)=O. The number of nitrogens with zero attached hydrogens (tertiary/aromatic N) is 1. The fraction of sp³-hybridized carbons (Fsp3) is 0.800. The van der Waals surface area contributed by atoms with Gasteiger partial charge in [-0.2, -0.15) is 0 Å². The second-order valence-electron chi connectivity index (χ2n) is 2.25. The lowest BCUT2D eigenvalue weighted by atomic mass is 10.6. The van der Waals surface area contributed by atoms with Gasteiger partial charge in [0.15, 0.2) is 0 Å². The molecule has 0 fully saturated rings. The summed E-state index contributed by atoms with van der Waals surface area (Å²) in [5, 5.41) is 0. The summed E-state index contributed by atoms with van der Waals surface area (Å²) in [5.74, 6) is 0. The van der Waals surface area contributed by atoms with Crippen molar-refractivity contribution in [1.82, 2.24) is 9.62 Å². The van der Waals surface area contributed by atoms with Crippen LogP contribution in [0.2, 0.25) is 0 Å². The molecule has 0 radical (unpaired) electrons. The van der Waals surface area contributed by atoms with E-state index in [1.165, 1.54) is 0 Å². The van der Waals surface area contributed by atoms with Crippen molar-refractivity contribution in [2.45, 2.75) is 0 Å². The Bertz CT molecular complexity index is 174. The van der Waals surface area contributed by atoms with Gasteiger partial charge < -0.3 is 4.90 Å². The third-order valence-corrected chi connectivity index (χ3v) is 1.59. The minimum absolute atomic E-state index is 0.416. The van der Waals surface area contributed by atoms with Crippen LogP contribution in [-0.2, 0) is 10.0 Å². The molecule has 0 amide bonds. The third-order valence-electron chi connectivity index (χ3n) is 0.858. The Balaban J connectivity index is 3.39. The fourth-order valence-corrected chi connectivity index (χ4v) is 0.884. The van der Waals surface area contributed by atoms with Crippen molar-refractivity contribution < 1.29 is 8.42 Å². The largest absolute Gasteiger partial charge is 0.461 e. The van der Waals surface area contributed by atoms with E-state index in [0.29, 0.717) is 13.1 Å². The average Bonchev–Trinajstić information content (AvgIpc) is 1.59. The number of nitrogens with one attached hydrogen (secondary N) is 1. The summed E-state index contributed by atoms with van der Waals surface area (Å²) in [5.41, 5.74) is 0. The van der Waals surface area contributed by atoms with Crippen LogP contribution in [0.15, 0.2) is 0 Å². The van der Waals surface area contributed by atoms with Crippen LogP contribution in [0, 0.1) is 7.05 Å². The van der Waals surface area contributed by atoms with Crippen molar-refractivity contribution in [3.63, 3.8) is 0 Å². The molecule has 62 valence electrons. The van der Waals surface area contributed by atoms with Crippen LogP contribution < -0.4 is 4.72 Å². The van der Waals surface area contributed by atoms with Crippen molar-refractivity contribution in [2.24, 2.45) is 0 Å². The Kier molecular flexibility index (Phi) is 3.85. The number of likely N-dealkylation sites (N-methyl/N-ethyl adjacent to an activating group) is 1. The van der Waals surface area contributed by atoms with Crippen molar-refractivity contribution in [2.75, 3.05) is 26.4 Å². The molecule has 0 saturated heterocycles. The quantitative estimate of drug-likeness (QED) is 0.558. The molecule has 0 heterocycles. The van der Waals surface area contributed by atoms with E-state index in [1.54, 1.807) is 11.9 Å². The maximum atomic E-state index is 10.5. The summed E-state index contributed by atoms with van der Waals surface area (Å²) in [7, 11) is 2.31. The first-order chi connectivity index (χ1) is 4.42. The number of rotatable bonds is 4. The van der Waals surface area contributed by atoms with E-state index in [1.807, 2.05) is 0 Å². The Labute approximate surface area is 62.3 Å². The van der Waals surface area contributed by atoms with Crippen molar-refractivity contribution in [1.29, 1.82) is 0 Å². The van der Waals surface area contributed by atoms with Crippen LogP contribution in [0.25, 0.3) is 0 Å². The van der Waals surface area contributed by atoms with Crippen LogP contribution in [0.3, 0.4) is 0 Å². The highest BCUT2D eigenvalue weighted by molar-refractivity contribution is 7.88. The van der Waals surface area contributed by atoms with Gasteiger partial charge in [0, 0.05) is 6.54 Å². The average molecular weight is 165 g/mol. The summed E-state index contributed by atoms with van der Waals surface area (Å²) in [6.07, 6.45) is 1.14. The number of hydrogen-bond acceptors (Lipinski definition) is 3. The van der Waals surface area contributed by atoms with E-state index in [2.05, 4.69) is 11.8 Å². The summed E-state index contributed by atoms with van der Waals surface area (Å²) < 4.78 is 23.3. The highest BCUT2D eigenvalue weighted by atomic mass is 32.2. The highest BCUT2D eigenvalue weighted by Gasteiger charge is 1.96. The molecular weight excluding hydrogens is 152 g/mol. The predicted octanol–water partition coefficient (Wildman–Crippen LogP) is -0.741. The minimum atomic E-state index is -3.02. The van der Waals surface area contributed by atoms with Gasteiger partial charge in [-0.05, 0) is 13.6 Å². The molecular formula is C5H13N2O2S-. The molecule has 0 aliphatic carbocycles. The van der Waals surface area contributed by atoms with Gasteiger partial charge in [0.2, 0.25) is 10.0 Å². The molecule has 5 heteroatoms. The van der Waals surface area contributed by atoms with Gasteiger partial charge >= 0.3 is 0 Å². The molecule has 0 saturated carbocycles. The molecule has 0 aliphatic rings. The molecule has 0 aromatic rings. The summed E-state index contributed by atoms with van der Waals surface area (Å²) >= 11 is 0. The summed E-state index contributed by atoms with van der Waals surface area (Å²) in [6.45, 7) is 1.03. The summed E-state index contributed by atoms with van der Waals surface area (Å²) in [4.78, 5) is 1.66. The Morgan fingerprint density at radius 3 is 2.40 bits per heavy atom. The normalized spacial score (nSPS) is 12.4. The van der Waals surface area contributed by atoms with Gasteiger partial charge in [-0.1, -0.05) is 0 Å². The first-order valence-corrected chi connectivity index (χ1v) is 4.77. The van der Waals surface area contributed by atoms with E-state index >= 15 is 0 Å². The van der Waals surface area contributed by atoms with Gasteiger partial charge in [-0.3, -0.25) is 7.05 Å². The Morgan fingerprint density at radius 1 is 1.60 bits per heavy atom. The molecule has 0 aliphatic heterocycles. The molecule has 0 rings (SSSR count). The van der Waals surface area contributed by atoms with Gasteiger partial charge in [-0.15, -0.1) is 0 Å². The van der Waals surface area contributed by atoms with Gasteiger partial charge in [0.05, 0.1) is 6.26 Å². The lowest BCUT2D eigenvalue weighted by molar-refractivity contribution is 0.452. The van der Waals surface area contributed by atoms with E-state index in [0.717, 1.165) is 6.26 Å². The second-order valence-corrected chi connectivity index (χ2v) is 4.08. The maximum absolute atomic E-state index is 10.5. The third kappa shape index (κ3) is 7.87. The summed E-state index contributed by atoms with van der Waals surface area (Å²) in [6, 6.07) is 0. The van der Waals surface area contributed by atoms with Crippen LogP contribution in [0.5, 0.6) is 0 Å². The lowest BCUT2D eigenvalue weighted by Crippen LogP contribution is -2.29. The molecule has 0 aromatic heterocycles. The van der Waals surface area contributed by atoms with E-state index in [9.17, 15) is 8.42 Å². The van der Waals surface area contributed by atoms with Gasteiger partial charge in [0.25, 0.3) is 0 Å². The van der Waals surface area contributed by atoms with Crippen molar-refractivity contribution >= 4 is 10.0 Å². The Morgan fingerprint density at radius 2 is 2.10 bits per heavy atom. The van der Waals surface area contributed by atoms with E-state index in [-0.39, 0.29) is 0 Å². The minimum Gasteiger partial charge on any atom is -0.461 e. The highest BCUT2D eigenvalue weighted by Crippen LogP contribution is 1.76. The molecule has 0 aromatic carbocycles. The molecule has 0 spiro atoms. The molecule has 4 nitrogen and oxygen atoms in total. The van der Waals surface area contributed by atoms with Crippen molar-refractivity contribution in [3.8, 4) is 0 Å². The topological polar surface area (TPSA) is 49.4 Å². The lowest BCUT2D eigenvalue weighted by Gasteiger charge is -2.16. The first kappa shape index (κ1) is 9.87.